The number of carbonyl (C=O) groups excluding carboxylic acids is 1. The predicted octanol–water partition coefficient (Wildman–Crippen LogP) is 1.72. The van der Waals surface area contributed by atoms with E-state index in [9.17, 15) is 9.59 Å². The molecular weight excluding hydrogens is 236 g/mol. The number of amides is 2. The molecule has 0 aliphatic heterocycles. The first-order valence-corrected chi connectivity index (χ1v) is 5.79. The van der Waals surface area contributed by atoms with Gasteiger partial charge < -0.3 is 20.2 Å². The molecule has 0 saturated heterocycles. The molecule has 0 bridgehead atoms. The van der Waals surface area contributed by atoms with Gasteiger partial charge in [0.25, 0.3) is 0 Å². The zero-order chi connectivity index (χ0) is 13.6. The standard InChI is InChI=1S/C12H18N2O4/c1-3-6-12(2,10(15)16)14-11(17)13-8-9-5-4-7-18-9/h4-5,7H,3,6,8H2,1-2H3,(H,15,16)(H2,13,14,17). The Morgan fingerprint density at radius 2 is 2.22 bits per heavy atom. The number of aliphatic carboxylic acids is 1. The van der Waals surface area contributed by atoms with Crippen LogP contribution in [0.3, 0.4) is 0 Å². The number of carboxylic acids is 1. The Hall–Kier alpha value is -1.98. The number of urea groups is 1. The first-order chi connectivity index (χ1) is 8.48. The van der Waals surface area contributed by atoms with Crippen molar-refractivity contribution in [2.75, 3.05) is 0 Å². The van der Waals surface area contributed by atoms with Crippen molar-refractivity contribution < 1.29 is 19.1 Å². The molecule has 1 aromatic heterocycles. The van der Waals surface area contributed by atoms with E-state index in [4.69, 9.17) is 9.52 Å². The van der Waals surface area contributed by atoms with E-state index in [0.29, 0.717) is 18.6 Å². The first kappa shape index (κ1) is 14.1. The van der Waals surface area contributed by atoms with Crippen LogP contribution in [0.25, 0.3) is 0 Å². The van der Waals surface area contributed by atoms with Gasteiger partial charge in [-0.3, -0.25) is 0 Å². The molecule has 1 atom stereocenters. The van der Waals surface area contributed by atoms with Crippen LogP contribution < -0.4 is 10.6 Å². The summed E-state index contributed by atoms with van der Waals surface area (Å²) in [5, 5.41) is 14.1. The molecule has 0 aromatic carbocycles. The highest BCUT2D eigenvalue weighted by molar-refractivity contribution is 5.85. The van der Waals surface area contributed by atoms with Crippen molar-refractivity contribution in [2.24, 2.45) is 0 Å². The number of hydrogen-bond donors (Lipinski definition) is 3. The Bertz CT molecular complexity index is 402. The van der Waals surface area contributed by atoms with Gasteiger partial charge in [-0.2, -0.15) is 0 Å². The third kappa shape index (κ3) is 3.80. The van der Waals surface area contributed by atoms with Gasteiger partial charge >= 0.3 is 12.0 Å². The summed E-state index contributed by atoms with van der Waals surface area (Å²) < 4.78 is 5.05. The molecule has 1 aromatic rings. The van der Waals surface area contributed by atoms with Crippen molar-refractivity contribution in [3.8, 4) is 0 Å². The molecule has 6 heteroatoms. The van der Waals surface area contributed by atoms with Crippen LogP contribution in [0.4, 0.5) is 4.79 Å². The molecule has 1 unspecified atom stereocenters. The van der Waals surface area contributed by atoms with Gasteiger partial charge in [-0.05, 0) is 25.5 Å². The predicted molar refractivity (Wildman–Crippen MR) is 65.0 cm³/mol. The molecule has 0 spiro atoms. The average Bonchev–Trinajstić information content (AvgIpc) is 2.79. The molecule has 1 heterocycles. The summed E-state index contributed by atoms with van der Waals surface area (Å²) in [6, 6.07) is 2.92. The second-order valence-electron chi connectivity index (χ2n) is 4.27. The molecule has 2 amide bonds. The Morgan fingerprint density at radius 3 is 2.72 bits per heavy atom. The van der Waals surface area contributed by atoms with Crippen LogP contribution in [-0.2, 0) is 11.3 Å². The number of furan rings is 1. The van der Waals surface area contributed by atoms with Gasteiger partial charge in [0.05, 0.1) is 12.8 Å². The lowest BCUT2D eigenvalue weighted by molar-refractivity contribution is -0.144. The average molecular weight is 254 g/mol. The summed E-state index contributed by atoms with van der Waals surface area (Å²) in [5.41, 5.74) is -1.25. The monoisotopic (exact) mass is 254 g/mol. The van der Waals surface area contributed by atoms with E-state index < -0.39 is 17.5 Å². The second-order valence-corrected chi connectivity index (χ2v) is 4.27. The highest BCUT2D eigenvalue weighted by Crippen LogP contribution is 2.12. The summed E-state index contributed by atoms with van der Waals surface area (Å²) in [6.07, 6.45) is 2.55. The first-order valence-electron chi connectivity index (χ1n) is 5.79. The molecular formula is C12H18N2O4. The fourth-order valence-electron chi connectivity index (χ4n) is 1.60. The summed E-state index contributed by atoms with van der Waals surface area (Å²) >= 11 is 0. The molecule has 0 fully saturated rings. The van der Waals surface area contributed by atoms with Gasteiger partial charge in [0.2, 0.25) is 0 Å². The van der Waals surface area contributed by atoms with Gasteiger partial charge in [-0.25, -0.2) is 9.59 Å². The van der Waals surface area contributed by atoms with Gasteiger partial charge in [0.1, 0.15) is 11.3 Å². The maximum absolute atomic E-state index is 11.6. The zero-order valence-corrected chi connectivity index (χ0v) is 10.5. The Balaban J connectivity index is 2.49. The van der Waals surface area contributed by atoms with E-state index in [0.717, 1.165) is 0 Å². The van der Waals surface area contributed by atoms with E-state index in [-0.39, 0.29) is 6.54 Å². The maximum Gasteiger partial charge on any atom is 0.329 e. The molecule has 1 rings (SSSR count). The fraction of sp³-hybridized carbons (Fsp3) is 0.500. The second kappa shape index (κ2) is 6.09. The Labute approximate surface area is 105 Å². The number of rotatable bonds is 6. The Kier molecular flexibility index (Phi) is 4.76. The molecule has 6 nitrogen and oxygen atoms in total. The smallest absolute Gasteiger partial charge is 0.329 e. The minimum atomic E-state index is -1.25. The fourth-order valence-corrected chi connectivity index (χ4v) is 1.60. The van der Waals surface area contributed by atoms with E-state index in [1.807, 2.05) is 6.92 Å². The largest absolute Gasteiger partial charge is 0.480 e. The molecule has 0 saturated carbocycles. The number of nitrogens with one attached hydrogen (secondary N) is 2. The van der Waals surface area contributed by atoms with Crippen molar-refractivity contribution in [3.63, 3.8) is 0 Å². The Morgan fingerprint density at radius 1 is 1.50 bits per heavy atom. The molecule has 0 aliphatic carbocycles. The van der Waals surface area contributed by atoms with Crippen LogP contribution in [-0.4, -0.2) is 22.6 Å². The van der Waals surface area contributed by atoms with Crippen molar-refractivity contribution in [1.82, 2.24) is 10.6 Å². The third-order valence-electron chi connectivity index (χ3n) is 2.61. The van der Waals surface area contributed by atoms with Crippen molar-refractivity contribution in [2.45, 2.75) is 38.8 Å². The van der Waals surface area contributed by atoms with Gasteiger partial charge in [-0.15, -0.1) is 0 Å². The summed E-state index contributed by atoms with van der Waals surface area (Å²) in [5.74, 6) is -0.435. The number of carboxylic acid groups (broad SMARTS) is 1. The van der Waals surface area contributed by atoms with Crippen LogP contribution in [0.15, 0.2) is 22.8 Å². The van der Waals surface area contributed by atoms with Crippen LogP contribution in [0.5, 0.6) is 0 Å². The topological polar surface area (TPSA) is 91.6 Å². The van der Waals surface area contributed by atoms with Crippen LogP contribution in [0.2, 0.25) is 0 Å². The summed E-state index contributed by atoms with van der Waals surface area (Å²) in [4.78, 5) is 22.7. The highest BCUT2D eigenvalue weighted by Gasteiger charge is 2.33. The van der Waals surface area contributed by atoms with E-state index in [2.05, 4.69) is 10.6 Å². The number of hydrogen-bond acceptors (Lipinski definition) is 3. The molecule has 0 aliphatic rings. The zero-order valence-electron chi connectivity index (χ0n) is 10.5. The SMILES string of the molecule is CCCC(C)(NC(=O)NCc1ccco1)C(=O)O. The quantitative estimate of drug-likeness (QED) is 0.720. The van der Waals surface area contributed by atoms with Gasteiger partial charge in [0.15, 0.2) is 0 Å². The lowest BCUT2D eigenvalue weighted by Gasteiger charge is -2.25. The molecule has 18 heavy (non-hydrogen) atoms. The van der Waals surface area contributed by atoms with Gasteiger partial charge in [-0.1, -0.05) is 13.3 Å². The van der Waals surface area contributed by atoms with E-state index in [1.54, 1.807) is 12.1 Å². The third-order valence-corrected chi connectivity index (χ3v) is 2.61. The normalized spacial score (nSPS) is 13.7. The van der Waals surface area contributed by atoms with Crippen molar-refractivity contribution >= 4 is 12.0 Å². The van der Waals surface area contributed by atoms with Crippen LogP contribution >= 0.6 is 0 Å². The lowest BCUT2D eigenvalue weighted by atomic mass is 9.97. The maximum atomic E-state index is 11.6. The summed E-state index contributed by atoms with van der Waals surface area (Å²) in [7, 11) is 0. The minimum Gasteiger partial charge on any atom is -0.480 e. The molecule has 100 valence electrons. The van der Waals surface area contributed by atoms with E-state index >= 15 is 0 Å². The van der Waals surface area contributed by atoms with E-state index in [1.165, 1.54) is 13.2 Å². The van der Waals surface area contributed by atoms with Crippen LogP contribution in [0, 0.1) is 0 Å². The van der Waals surface area contributed by atoms with Crippen LogP contribution in [0.1, 0.15) is 32.4 Å². The van der Waals surface area contributed by atoms with Crippen molar-refractivity contribution in [3.05, 3.63) is 24.2 Å². The minimum absolute atomic E-state index is 0.223. The van der Waals surface area contributed by atoms with Crippen molar-refractivity contribution in [1.29, 1.82) is 0 Å². The molecule has 3 N–H and O–H groups in total. The number of carbonyl (C=O) groups is 2. The highest BCUT2D eigenvalue weighted by atomic mass is 16.4. The molecule has 0 radical (unpaired) electrons. The van der Waals surface area contributed by atoms with Gasteiger partial charge in [0, 0.05) is 0 Å². The lowest BCUT2D eigenvalue weighted by Crippen LogP contribution is -2.55. The summed E-state index contributed by atoms with van der Waals surface area (Å²) in [6.45, 7) is 3.58.